The molecular formula is C25H22N2O2. The Bertz CT molecular complexity index is 1150. The van der Waals surface area contributed by atoms with Gasteiger partial charge in [-0.05, 0) is 56.3 Å². The van der Waals surface area contributed by atoms with E-state index in [0.717, 1.165) is 39.2 Å². The molecule has 0 aliphatic rings. The lowest BCUT2D eigenvalue weighted by molar-refractivity contribution is 0.102. The number of anilines is 1. The molecule has 4 rings (SSSR count). The second kappa shape index (κ2) is 8.15. The lowest BCUT2D eigenvalue weighted by atomic mass is 10.0. The fraction of sp³-hybridized carbons (Fsp3) is 0.120. The molecule has 0 aliphatic heterocycles. The van der Waals surface area contributed by atoms with Gasteiger partial charge in [-0.25, -0.2) is 4.98 Å². The number of nitrogens with zero attached hydrogens (tertiary/aromatic N) is 1. The molecule has 1 amide bonds. The monoisotopic (exact) mass is 382 g/mol. The van der Waals surface area contributed by atoms with Crippen LogP contribution in [0.4, 0.5) is 5.69 Å². The van der Waals surface area contributed by atoms with Crippen LogP contribution in [0.5, 0.6) is 5.75 Å². The number of amides is 1. The fourth-order valence-corrected chi connectivity index (χ4v) is 3.28. The molecule has 0 radical (unpaired) electrons. The van der Waals surface area contributed by atoms with E-state index in [1.165, 1.54) is 0 Å². The van der Waals surface area contributed by atoms with Crippen molar-refractivity contribution < 1.29 is 9.53 Å². The molecule has 1 N–H and O–H groups in total. The van der Waals surface area contributed by atoms with Crippen molar-refractivity contribution >= 4 is 22.5 Å². The first-order valence-corrected chi connectivity index (χ1v) is 9.65. The Balaban J connectivity index is 1.74. The maximum absolute atomic E-state index is 13.2. The average Bonchev–Trinajstić information content (AvgIpc) is 2.75. The number of nitrogens with one attached hydrogen (secondary N) is 1. The van der Waals surface area contributed by atoms with Gasteiger partial charge in [0.1, 0.15) is 5.75 Å². The van der Waals surface area contributed by atoms with Gasteiger partial charge in [0.2, 0.25) is 0 Å². The van der Waals surface area contributed by atoms with E-state index in [0.29, 0.717) is 12.2 Å². The highest BCUT2D eigenvalue weighted by Crippen LogP contribution is 2.26. The molecule has 0 saturated heterocycles. The van der Waals surface area contributed by atoms with Crippen LogP contribution in [0.15, 0.2) is 78.9 Å². The summed E-state index contributed by atoms with van der Waals surface area (Å²) < 4.78 is 5.47. The minimum Gasteiger partial charge on any atom is -0.494 e. The molecule has 29 heavy (non-hydrogen) atoms. The van der Waals surface area contributed by atoms with Crippen LogP contribution in [0.3, 0.4) is 0 Å². The molecule has 0 aliphatic carbocycles. The van der Waals surface area contributed by atoms with E-state index in [1.54, 1.807) is 0 Å². The van der Waals surface area contributed by atoms with Crippen LogP contribution >= 0.6 is 0 Å². The summed E-state index contributed by atoms with van der Waals surface area (Å²) in [5.41, 5.74) is 4.96. The zero-order valence-electron chi connectivity index (χ0n) is 16.5. The van der Waals surface area contributed by atoms with Crippen LogP contribution in [0.1, 0.15) is 22.8 Å². The van der Waals surface area contributed by atoms with E-state index < -0.39 is 0 Å². The highest BCUT2D eigenvalue weighted by molar-refractivity contribution is 6.13. The third kappa shape index (κ3) is 4.11. The standard InChI is InChI=1S/C25H22N2O2/c1-3-29-20-12-10-19(11-13-20)26-25(28)22-16-24(18-7-5-4-6-8-18)27-23-14-9-17(2)15-21(22)23/h4-16H,3H2,1-2H3,(H,26,28). The molecule has 1 heterocycles. The minimum atomic E-state index is -0.163. The first-order chi connectivity index (χ1) is 14.1. The quantitative estimate of drug-likeness (QED) is 0.470. The molecule has 0 bridgehead atoms. The second-order valence-electron chi connectivity index (χ2n) is 6.85. The predicted molar refractivity (Wildman–Crippen MR) is 117 cm³/mol. The number of aryl methyl sites for hydroxylation is 1. The van der Waals surface area contributed by atoms with Crippen LogP contribution in [-0.2, 0) is 0 Å². The van der Waals surface area contributed by atoms with Gasteiger partial charge < -0.3 is 10.1 Å². The zero-order valence-corrected chi connectivity index (χ0v) is 16.5. The number of aromatic nitrogens is 1. The molecule has 0 fully saturated rings. The number of benzene rings is 3. The molecule has 4 nitrogen and oxygen atoms in total. The largest absolute Gasteiger partial charge is 0.494 e. The van der Waals surface area contributed by atoms with E-state index in [1.807, 2.05) is 92.7 Å². The summed E-state index contributed by atoms with van der Waals surface area (Å²) in [7, 11) is 0. The topological polar surface area (TPSA) is 51.2 Å². The normalized spacial score (nSPS) is 10.7. The Labute approximate surface area is 170 Å². The van der Waals surface area contributed by atoms with Crippen LogP contribution in [0.25, 0.3) is 22.2 Å². The van der Waals surface area contributed by atoms with E-state index >= 15 is 0 Å². The van der Waals surface area contributed by atoms with E-state index in [4.69, 9.17) is 9.72 Å². The highest BCUT2D eigenvalue weighted by Gasteiger charge is 2.15. The number of rotatable bonds is 5. The second-order valence-corrected chi connectivity index (χ2v) is 6.85. The van der Waals surface area contributed by atoms with Crippen molar-refractivity contribution in [1.29, 1.82) is 0 Å². The lowest BCUT2D eigenvalue weighted by Crippen LogP contribution is -2.13. The number of pyridine rings is 1. The van der Waals surface area contributed by atoms with Crippen molar-refractivity contribution in [2.75, 3.05) is 11.9 Å². The summed E-state index contributed by atoms with van der Waals surface area (Å²) in [4.78, 5) is 17.9. The van der Waals surface area contributed by atoms with Crippen molar-refractivity contribution in [3.63, 3.8) is 0 Å². The maximum Gasteiger partial charge on any atom is 0.256 e. The molecule has 3 aromatic carbocycles. The first-order valence-electron chi connectivity index (χ1n) is 9.65. The Kier molecular flexibility index (Phi) is 5.25. The molecular weight excluding hydrogens is 360 g/mol. The number of carbonyl (C=O) groups excluding carboxylic acids is 1. The smallest absolute Gasteiger partial charge is 0.256 e. The van der Waals surface area contributed by atoms with E-state index in [-0.39, 0.29) is 5.91 Å². The first kappa shape index (κ1) is 18.7. The van der Waals surface area contributed by atoms with Gasteiger partial charge in [-0.2, -0.15) is 0 Å². The molecule has 1 aromatic heterocycles. The van der Waals surface area contributed by atoms with Gasteiger partial charge in [-0.3, -0.25) is 4.79 Å². The minimum absolute atomic E-state index is 0.163. The number of hydrogen-bond donors (Lipinski definition) is 1. The number of fused-ring (bicyclic) bond motifs is 1. The van der Waals surface area contributed by atoms with Gasteiger partial charge in [0.25, 0.3) is 5.91 Å². The third-order valence-corrected chi connectivity index (χ3v) is 4.70. The van der Waals surface area contributed by atoms with Crippen molar-refractivity contribution in [3.05, 3.63) is 90.0 Å². The molecule has 0 spiro atoms. The van der Waals surface area contributed by atoms with Gasteiger partial charge in [-0.15, -0.1) is 0 Å². The molecule has 0 atom stereocenters. The molecule has 4 aromatic rings. The van der Waals surface area contributed by atoms with Crippen LogP contribution < -0.4 is 10.1 Å². The van der Waals surface area contributed by atoms with Crippen molar-refractivity contribution in [1.82, 2.24) is 4.98 Å². The lowest BCUT2D eigenvalue weighted by Gasteiger charge is -2.12. The SMILES string of the molecule is CCOc1ccc(NC(=O)c2cc(-c3ccccc3)nc3ccc(C)cc23)cc1. The summed E-state index contributed by atoms with van der Waals surface area (Å²) in [5.74, 6) is 0.617. The van der Waals surface area contributed by atoms with Gasteiger partial charge in [0.05, 0.1) is 23.4 Å². The number of hydrogen-bond acceptors (Lipinski definition) is 3. The Hall–Kier alpha value is -3.66. The van der Waals surface area contributed by atoms with Gasteiger partial charge in [-0.1, -0.05) is 42.0 Å². The summed E-state index contributed by atoms with van der Waals surface area (Å²) in [6.45, 7) is 4.56. The van der Waals surface area contributed by atoms with Crippen LogP contribution in [-0.4, -0.2) is 17.5 Å². The summed E-state index contributed by atoms with van der Waals surface area (Å²) in [6.07, 6.45) is 0. The zero-order chi connectivity index (χ0) is 20.2. The van der Waals surface area contributed by atoms with Crippen molar-refractivity contribution in [2.24, 2.45) is 0 Å². The van der Waals surface area contributed by atoms with E-state index in [2.05, 4.69) is 5.32 Å². The van der Waals surface area contributed by atoms with Crippen molar-refractivity contribution in [3.8, 4) is 17.0 Å². The maximum atomic E-state index is 13.2. The molecule has 0 unspecified atom stereocenters. The van der Waals surface area contributed by atoms with Gasteiger partial charge >= 0.3 is 0 Å². The van der Waals surface area contributed by atoms with Crippen LogP contribution in [0.2, 0.25) is 0 Å². The fourth-order valence-electron chi connectivity index (χ4n) is 3.28. The molecule has 4 heteroatoms. The van der Waals surface area contributed by atoms with E-state index in [9.17, 15) is 4.79 Å². The molecule has 0 saturated carbocycles. The Morgan fingerprint density at radius 1 is 0.966 bits per heavy atom. The number of ether oxygens (including phenoxy) is 1. The predicted octanol–water partition coefficient (Wildman–Crippen LogP) is 5.86. The Morgan fingerprint density at radius 3 is 2.45 bits per heavy atom. The molecule has 144 valence electrons. The summed E-state index contributed by atoms with van der Waals surface area (Å²) in [5, 5.41) is 3.84. The third-order valence-electron chi connectivity index (χ3n) is 4.70. The highest BCUT2D eigenvalue weighted by atomic mass is 16.5. The van der Waals surface area contributed by atoms with Crippen LogP contribution in [0, 0.1) is 6.92 Å². The average molecular weight is 382 g/mol. The summed E-state index contributed by atoms with van der Waals surface area (Å²) in [6, 6.07) is 25.1. The van der Waals surface area contributed by atoms with Gasteiger partial charge in [0.15, 0.2) is 0 Å². The number of carbonyl (C=O) groups is 1. The summed E-state index contributed by atoms with van der Waals surface area (Å²) >= 11 is 0. The Morgan fingerprint density at radius 2 is 1.72 bits per heavy atom. The van der Waals surface area contributed by atoms with Crippen molar-refractivity contribution in [2.45, 2.75) is 13.8 Å². The van der Waals surface area contributed by atoms with Gasteiger partial charge in [0, 0.05) is 16.6 Å².